The predicted molar refractivity (Wildman–Crippen MR) is 87.1 cm³/mol. The monoisotopic (exact) mass is 306 g/mol. The third kappa shape index (κ3) is 3.77. The Labute approximate surface area is 127 Å². The molecule has 0 bridgehead atoms. The molecule has 2 aromatic rings. The maximum atomic E-state index is 12.1. The van der Waals surface area contributed by atoms with Crippen LogP contribution in [-0.2, 0) is 11.3 Å². The summed E-state index contributed by atoms with van der Waals surface area (Å²) in [5, 5.41) is 2.03. The standard InChI is InChI=1S/C15H18N2OS2/c1-11-13(16)6-3-7-14(11)20-10-15(18)17(2)9-12-5-4-8-19-12/h3-8H,9-10,16H2,1-2H3. The van der Waals surface area contributed by atoms with E-state index in [1.165, 1.54) is 4.88 Å². The fraction of sp³-hybridized carbons (Fsp3) is 0.267. The summed E-state index contributed by atoms with van der Waals surface area (Å²) < 4.78 is 0. The topological polar surface area (TPSA) is 46.3 Å². The fourth-order valence-electron chi connectivity index (χ4n) is 1.76. The average molecular weight is 306 g/mol. The van der Waals surface area contributed by atoms with Gasteiger partial charge in [-0.15, -0.1) is 23.1 Å². The second kappa shape index (κ2) is 6.81. The molecule has 0 aliphatic rings. The number of thioether (sulfide) groups is 1. The van der Waals surface area contributed by atoms with Gasteiger partial charge in [0.25, 0.3) is 0 Å². The molecule has 3 nitrogen and oxygen atoms in total. The van der Waals surface area contributed by atoms with Crippen LogP contribution in [0.25, 0.3) is 0 Å². The smallest absolute Gasteiger partial charge is 0.233 e. The van der Waals surface area contributed by atoms with E-state index in [-0.39, 0.29) is 5.91 Å². The third-order valence-corrected chi connectivity index (χ3v) is 5.08. The zero-order valence-electron chi connectivity index (χ0n) is 11.6. The third-order valence-electron chi connectivity index (χ3n) is 3.08. The summed E-state index contributed by atoms with van der Waals surface area (Å²) in [6, 6.07) is 9.85. The number of nitrogens with zero attached hydrogens (tertiary/aromatic N) is 1. The lowest BCUT2D eigenvalue weighted by molar-refractivity contribution is -0.127. The van der Waals surface area contributed by atoms with Crippen LogP contribution >= 0.6 is 23.1 Å². The van der Waals surface area contributed by atoms with E-state index in [0.29, 0.717) is 12.3 Å². The summed E-state index contributed by atoms with van der Waals surface area (Å²) in [4.78, 5) is 16.2. The van der Waals surface area contributed by atoms with Crippen molar-refractivity contribution in [2.75, 3.05) is 18.5 Å². The number of nitrogens with two attached hydrogens (primary N) is 1. The molecule has 0 unspecified atom stereocenters. The molecule has 0 atom stereocenters. The van der Waals surface area contributed by atoms with Crippen LogP contribution in [0.5, 0.6) is 0 Å². The van der Waals surface area contributed by atoms with E-state index in [1.807, 2.05) is 49.7 Å². The molecular formula is C15H18N2OS2. The first-order valence-corrected chi connectivity index (χ1v) is 8.18. The van der Waals surface area contributed by atoms with Crippen molar-refractivity contribution < 1.29 is 4.79 Å². The minimum atomic E-state index is 0.130. The number of nitrogen functional groups attached to an aromatic ring is 1. The van der Waals surface area contributed by atoms with Crippen LogP contribution in [0.4, 0.5) is 5.69 Å². The van der Waals surface area contributed by atoms with Crippen molar-refractivity contribution in [1.29, 1.82) is 0 Å². The molecule has 1 aromatic heterocycles. The molecule has 0 fully saturated rings. The molecule has 0 spiro atoms. The van der Waals surface area contributed by atoms with Gasteiger partial charge in [-0.25, -0.2) is 0 Å². The molecule has 0 radical (unpaired) electrons. The van der Waals surface area contributed by atoms with Gasteiger partial charge in [0.2, 0.25) is 5.91 Å². The predicted octanol–water partition coefficient (Wildman–Crippen LogP) is 3.39. The van der Waals surface area contributed by atoms with Crippen LogP contribution in [-0.4, -0.2) is 23.6 Å². The number of amides is 1. The SMILES string of the molecule is Cc1c(N)cccc1SCC(=O)N(C)Cc1cccs1. The highest BCUT2D eigenvalue weighted by molar-refractivity contribution is 8.00. The lowest BCUT2D eigenvalue weighted by Gasteiger charge is -2.16. The Morgan fingerprint density at radius 1 is 1.35 bits per heavy atom. The van der Waals surface area contributed by atoms with Crippen LogP contribution in [0.2, 0.25) is 0 Å². The quantitative estimate of drug-likeness (QED) is 0.680. The summed E-state index contributed by atoms with van der Waals surface area (Å²) in [5.41, 5.74) is 7.69. The van der Waals surface area contributed by atoms with Gasteiger partial charge in [0.1, 0.15) is 0 Å². The van der Waals surface area contributed by atoms with E-state index in [0.717, 1.165) is 16.1 Å². The van der Waals surface area contributed by atoms with Crippen LogP contribution in [0, 0.1) is 6.92 Å². The lowest BCUT2D eigenvalue weighted by Crippen LogP contribution is -2.27. The lowest BCUT2D eigenvalue weighted by atomic mass is 10.2. The average Bonchev–Trinajstić information content (AvgIpc) is 2.93. The van der Waals surface area contributed by atoms with Gasteiger partial charge >= 0.3 is 0 Å². The molecule has 106 valence electrons. The molecule has 1 aromatic carbocycles. The van der Waals surface area contributed by atoms with Gasteiger partial charge in [0.05, 0.1) is 12.3 Å². The van der Waals surface area contributed by atoms with Crippen molar-refractivity contribution in [3.05, 3.63) is 46.2 Å². The second-order valence-corrected chi connectivity index (χ2v) is 6.64. The Hall–Kier alpha value is -1.46. The largest absolute Gasteiger partial charge is 0.398 e. The Balaban J connectivity index is 1.90. The first-order valence-electron chi connectivity index (χ1n) is 6.32. The van der Waals surface area contributed by atoms with Gasteiger partial charge in [-0.2, -0.15) is 0 Å². The number of benzene rings is 1. The first kappa shape index (κ1) is 14.9. The number of anilines is 1. The van der Waals surface area contributed by atoms with Crippen molar-refractivity contribution in [2.24, 2.45) is 0 Å². The summed E-state index contributed by atoms with van der Waals surface area (Å²) in [6.07, 6.45) is 0. The summed E-state index contributed by atoms with van der Waals surface area (Å²) in [7, 11) is 1.84. The molecule has 1 amide bonds. The van der Waals surface area contributed by atoms with Crippen LogP contribution < -0.4 is 5.73 Å². The summed E-state index contributed by atoms with van der Waals surface area (Å²) in [5.74, 6) is 0.567. The number of thiophene rings is 1. The highest BCUT2D eigenvalue weighted by Gasteiger charge is 2.11. The minimum Gasteiger partial charge on any atom is -0.398 e. The molecule has 20 heavy (non-hydrogen) atoms. The van der Waals surface area contributed by atoms with Crippen molar-refractivity contribution in [3.8, 4) is 0 Å². The second-order valence-electron chi connectivity index (χ2n) is 4.59. The molecular weight excluding hydrogens is 288 g/mol. The number of rotatable bonds is 5. The molecule has 2 rings (SSSR count). The Morgan fingerprint density at radius 3 is 2.85 bits per heavy atom. The van der Waals surface area contributed by atoms with E-state index < -0.39 is 0 Å². The number of hydrogen-bond donors (Lipinski definition) is 1. The zero-order valence-corrected chi connectivity index (χ0v) is 13.3. The molecule has 0 saturated carbocycles. The van der Waals surface area contributed by atoms with E-state index in [4.69, 9.17) is 5.73 Å². The molecule has 5 heteroatoms. The Bertz CT molecular complexity index is 582. The van der Waals surface area contributed by atoms with Gasteiger partial charge in [-0.3, -0.25) is 4.79 Å². The van der Waals surface area contributed by atoms with Crippen LogP contribution in [0.1, 0.15) is 10.4 Å². The van der Waals surface area contributed by atoms with E-state index in [9.17, 15) is 4.79 Å². The van der Waals surface area contributed by atoms with Gasteiger partial charge < -0.3 is 10.6 Å². The number of carbonyl (C=O) groups is 1. The van der Waals surface area contributed by atoms with Crippen molar-refractivity contribution in [2.45, 2.75) is 18.4 Å². The fourth-order valence-corrected chi connectivity index (χ4v) is 3.53. The number of hydrogen-bond acceptors (Lipinski definition) is 4. The van der Waals surface area contributed by atoms with Gasteiger partial charge in [0, 0.05) is 22.5 Å². The summed E-state index contributed by atoms with van der Waals surface area (Å²) in [6.45, 7) is 2.66. The first-order chi connectivity index (χ1) is 9.58. The normalized spacial score (nSPS) is 10.5. The van der Waals surface area contributed by atoms with Gasteiger partial charge in [0.15, 0.2) is 0 Å². The highest BCUT2D eigenvalue weighted by atomic mass is 32.2. The molecule has 1 heterocycles. The van der Waals surface area contributed by atoms with Crippen molar-refractivity contribution in [1.82, 2.24) is 4.90 Å². The minimum absolute atomic E-state index is 0.130. The van der Waals surface area contributed by atoms with E-state index in [2.05, 4.69) is 0 Å². The molecule has 0 aliphatic heterocycles. The molecule has 2 N–H and O–H groups in total. The molecule has 0 saturated heterocycles. The van der Waals surface area contributed by atoms with Gasteiger partial charge in [-0.05, 0) is 36.1 Å². The number of carbonyl (C=O) groups excluding carboxylic acids is 1. The van der Waals surface area contributed by atoms with Crippen molar-refractivity contribution in [3.63, 3.8) is 0 Å². The Morgan fingerprint density at radius 2 is 2.15 bits per heavy atom. The van der Waals surface area contributed by atoms with E-state index >= 15 is 0 Å². The zero-order chi connectivity index (χ0) is 14.5. The van der Waals surface area contributed by atoms with Gasteiger partial charge in [-0.1, -0.05) is 12.1 Å². The maximum absolute atomic E-state index is 12.1. The Kier molecular flexibility index (Phi) is 5.09. The summed E-state index contributed by atoms with van der Waals surface area (Å²) >= 11 is 3.21. The maximum Gasteiger partial charge on any atom is 0.233 e. The highest BCUT2D eigenvalue weighted by Crippen LogP contribution is 2.26. The van der Waals surface area contributed by atoms with Crippen LogP contribution in [0.3, 0.4) is 0 Å². The molecule has 0 aliphatic carbocycles. The van der Waals surface area contributed by atoms with E-state index in [1.54, 1.807) is 28.0 Å². The van der Waals surface area contributed by atoms with Crippen LogP contribution in [0.15, 0.2) is 40.6 Å². The van der Waals surface area contributed by atoms with Crippen molar-refractivity contribution >= 4 is 34.7 Å².